The molecule has 1 aliphatic rings. The third-order valence-electron chi connectivity index (χ3n) is 2.53. The fraction of sp³-hybridized carbons (Fsp3) is 0.600. The van der Waals surface area contributed by atoms with Crippen molar-refractivity contribution in [2.75, 3.05) is 19.6 Å². The number of aromatic nitrogens is 1. The van der Waals surface area contributed by atoms with Gasteiger partial charge in [0.1, 0.15) is 0 Å². The van der Waals surface area contributed by atoms with Crippen LogP contribution in [0.4, 0.5) is 0 Å². The van der Waals surface area contributed by atoms with Gasteiger partial charge < -0.3 is 4.57 Å². The molecule has 2 heterocycles. The Hall–Kier alpha value is -0.760. The van der Waals surface area contributed by atoms with Crippen LogP contribution in [0.2, 0.25) is 0 Å². The Morgan fingerprint density at radius 2 is 1.92 bits per heavy atom. The molecule has 1 fully saturated rings. The zero-order valence-corrected chi connectivity index (χ0v) is 7.61. The van der Waals surface area contributed by atoms with Gasteiger partial charge in [-0.1, -0.05) is 6.92 Å². The molecule has 0 atom stereocenters. The minimum Gasteiger partial charge on any atom is -0.349 e. The zero-order valence-electron chi connectivity index (χ0n) is 7.61. The Labute approximate surface area is 73.8 Å². The van der Waals surface area contributed by atoms with Crippen molar-refractivity contribution in [3.63, 3.8) is 0 Å². The highest BCUT2D eigenvalue weighted by atomic mass is 15.3. The molecule has 2 heteroatoms. The van der Waals surface area contributed by atoms with Crippen LogP contribution in [0.15, 0.2) is 24.5 Å². The van der Waals surface area contributed by atoms with Gasteiger partial charge in [-0.25, -0.2) is 0 Å². The Bertz CT molecular complexity index is 222. The molecule has 1 aromatic heterocycles. The first-order valence-corrected chi connectivity index (χ1v) is 4.75. The van der Waals surface area contributed by atoms with Gasteiger partial charge >= 0.3 is 0 Å². The molecule has 1 aliphatic heterocycles. The van der Waals surface area contributed by atoms with E-state index in [0.29, 0.717) is 0 Å². The Balaban J connectivity index is 1.82. The number of nitrogens with zero attached hydrogens (tertiary/aromatic N) is 2. The lowest BCUT2D eigenvalue weighted by molar-refractivity contribution is 0.107. The highest BCUT2D eigenvalue weighted by Crippen LogP contribution is 2.20. The van der Waals surface area contributed by atoms with Crippen LogP contribution in [-0.2, 0) is 0 Å². The van der Waals surface area contributed by atoms with Gasteiger partial charge in [0.15, 0.2) is 0 Å². The molecule has 0 saturated carbocycles. The molecule has 0 N–H and O–H groups in total. The van der Waals surface area contributed by atoms with Crippen molar-refractivity contribution in [1.82, 2.24) is 9.47 Å². The first kappa shape index (κ1) is 7.87. The number of likely N-dealkylation sites (tertiary alicyclic amines) is 1. The van der Waals surface area contributed by atoms with Crippen molar-refractivity contribution in [3.05, 3.63) is 24.5 Å². The van der Waals surface area contributed by atoms with Crippen LogP contribution in [0.5, 0.6) is 0 Å². The summed E-state index contributed by atoms with van der Waals surface area (Å²) >= 11 is 0. The molecule has 12 heavy (non-hydrogen) atoms. The summed E-state index contributed by atoms with van der Waals surface area (Å²) in [4.78, 5) is 2.50. The second-order valence-electron chi connectivity index (χ2n) is 3.54. The third kappa shape index (κ3) is 1.39. The Morgan fingerprint density at radius 1 is 1.25 bits per heavy atom. The lowest BCUT2D eigenvalue weighted by atomic mass is 10.1. The molecule has 2 rings (SSSR count). The van der Waals surface area contributed by atoms with Gasteiger partial charge in [0.2, 0.25) is 0 Å². The summed E-state index contributed by atoms with van der Waals surface area (Å²) < 4.78 is 2.31. The average Bonchev–Trinajstić information content (AvgIpc) is 2.47. The summed E-state index contributed by atoms with van der Waals surface area (Å²) in [5, 5.41) is 0. The molecule has 0 aromatic carbocycles. The minimum atomic E-state index is 0.742. The first-order valence-electron chi connectivity index (χ1n) is 4.75. The smallest absolute Gasteiger partial charge is 0.0584 e. The Morgan fingerprint density at radius 3 is 2.50 bits per heavy atom. The van der Waals surface area contributed by atoms with Crippen molar-refractivity contribution in [2.24, 2.45) is 0 Å². The van der Waals surface area contributed by atoms with Crippen LogP contribution < -0.4 is 0 Å². The van der Waals surface area contributed by atoms with E-state index in [1.807, 2.05) is 0 Å². The predicted molar refractivity (Wildman–Crippen MR) is 50.2 cm³/mol. The largest absolute Gasteiger partial charge is 0.349 e. The van der Waals surface area contributed by atoms with E-state index < -0.39 is 0 Å². The van der Waals surface area contributed by atoms with Gasteiger partial charge in [-0.3, -0.25) is 4.90 Å². The van der Waals surface area contributed by atoms with Gasteiger partial charge in [0.05, 0.1) is 6.04 Å². The fourth-order valence-electron chi connectivity index (χ4n) is 1.82. The van der Waals surface area contributed by atoms with Crippen molar-refractivity contribution in [2.45, 2.75) is 19.4 Å². The molecule has 0 aliphatic carbocycles. The molecule has 0 amide bonds. The van der Waals surface area contributed by atoms with E-state index in [-0.39, 0.29) is 0 Å². The molecule has 0 unspecified atom stereocenters. The summed E-state index contributed by atoms with van der Waals surface area (Å²) in [5.74, 6) is 0. The lowest BCUT2D eigenvalue weighted by Gasteiger charge is -2.39. The molecule has 0 bridgehead atoms. The molecule has 66 valence electrons. The fourth-order valence-corrected chi connectivity index (χ4v) is 1.82. The maximum absolute atomic E-state index is 2.50. The van der Waals surface area contributed by atoms with E-state index in [2.05, 4.69) is 40.9 Å². The van der Waals surface area contributed by atoms with E-state index >= 15 is 0 Å². The third-order valence-corrected chi connectivity index (χ3v) is 2.53. The summed E-state index contributed by atoms with van der Waals surface area (Å²) in [6.07, 6.45) is 5.60. The lowest BCUT2D eigenvalue weighted by Crippen LogP contribution is -2.47. The summed E-state index contributed by atoms with van der Waals surface area (Å²) in [6, 6.07) is 4.94. The maximum Gasteiger partial charge on any atom is 0.0584 e. The van der Waals surface area contributed by atoms with Gasteiger partial charge in [-0.05, 0) is 25.1 Å². The van der Waals surface area contributed by atoms with E-state index in [4.69, 9.17) is 0 Å². The molecule has 2 nitrogen and oxygen atoms in total. The van der Waals surface area contributed by atoms with Gasteiger partial charge in [-0.15, -0.1) is 0 Å². The van der Waals surface area contributed by atoms with Crippen molar-refractivity contribution >= 4 is 0 Å². The topological polar surface area (TPSA) is 8.17 Å². The van der Waals surface area contributed by atoms with Gasteiger partial charge in [-0.2, -0.15) is 0 Å². The van der Waals surface area contributed by atoms with E-state index in [0.717, 1.165) is 6.04 Å². The normalized spacial score (nSPS) is 19.4. The maximum atomic E-state index is 2.50. The second-order valence-corrected chi connectivity index (χ2v) is 3.54. The summed E-state index contributed by atoms with van der Waals surface area (Å²) in [7, 11) is 0. The Kier molecular flexibility index (Phi) is 2.17. The second kappa shape index (κ2) is 3.31. The van der Waals surface area contributed by atoms with Crippen molar-refractivity contribution in [1.29, 1.82) is 0 Å². The minimum absolute atomic E-state index is 0.742. The molecule has 0 spiro atoms. The van der Waals surface area contributed by atoms with Crippen LogP contribution in [-0.4, -0.2) is 29.1 Å². The SMILES string of the molecule is CCCN1CC(n2cccc2)C1. The highest BCUT2D eigenvalue weighted by molar-refractivity contribution is 4.97. The number of hydrogen-bond acceptors (Lipinski definition) is 1. The molecular weight excluding hydrogens is 148 g/mol. The van der Waals surface area contributed by atoms with Crippen LogP contribution in [0, 0.1) is 0 Å². The summed E-state index contributed by atoms with van der Waals surface area (Å²) in [6.45, 7) is 5.98. The standard InChI is InChI=1S/C10H16N2/c1-2-5-11-8-10(9-11)12-6-3-4-7-12/h3-4,6-7,10H,2,5,8-9H2,1H3. The first-order chi connectivity index (χ1) is 5.90. The van der Waals surface area contributed by atoms with E-state index in [1.54, 1.807) is 0 Å². The number of hydrogen-bond donors (Lipinski definition) is 0. The summed E-state index contributed by atoms with van der Waals surface area (Å²) in [5.41, 5.74) is 0. The zero-order chi connectivity index (χ0) is 8.39. The van der Waals surface area contributed by atoms with Gasteiger partial charge in [0.25, 0.3) is 0 Å². The predicted octanol–water partition coefficient (Wildman–Crippen LogP) is 1.75. The van der Waals surface area contributed by atoms with E-state index in [1.165, 1.54) is 26.1 Å². The highest BCUT2D eigenvalue weighted by Gasteiger charge is 2.25. The van der Waals surface area contributed by atoms with Crippen LogP contribution in [0.3, 0.4) is 0 Å². The molecular formula is C10H16N2. The van der Waals surface area contributed by atoms with Gasteiger partial charge in [0, 0.05) is 25.5 Å². The van der Waals surface area contributed by atoms with Crippen molar-refractivity contribution in [3.8, 4) is 0 Å². The number of rotatable bonds is 3. The van der Waals surface area contributed by atoms with Crippen LogP contribution in [0.25, 0.3) is 0 Å². The van der Waals surface area contributed by atoms with Crippen LogP contribution >= 0.6 is 0 Å². The van der Waals surface area contributed by atoms with E-state index in [9.17, 15) is 0 Å². The molecule has 0 radical (unpaired) electrons. The average molecular weight is 164 g/mol. The quantitative estimate of drug-likeness (QED) is 0.661. The van der Waals surface area contributed by atoms with Crippen LogP contribution in [0.1, 0.15) is 19.4 Å². The monoisotopic (exact) mass is 164 g/mol. The molecule has 1 aromatic rings. The molecule has 1 saturated heterocycles. The van der Waals surface area contributed by atoms with Crippen molar-refractivity contribution < 1.29 is 0 Å².